The van der Waals surface area contributed by atoms with Crippen molar-refractivity contribution in [2.75, 3.05) is 5.32 Å². The van der Waals surface area contributed by atoms with Crippen molar-refractivity contribution in [1.29, 1.82) is 0 Å². The van der Waals surface area contributed by atoms with Crippen LogP contribution in [0, 0.1) is 11.8 Å². The number of nitrogens with one attached hydrogen (secondary N) is 2. The normalized spacial score (nSPS) is 27.8. The van der Waals surface area contributed by atoms with Crippen LogP contribution in [0.4, 0.5) is 5.69 Å². The summed E-state index contributed by atoms with van der Waals surface area (Å²) in [4.78, 5) is 53.3. The zero-order chi connectivity index (χ0) is 23.5. The molecule has 2 saturated heterocycles. The molecule has 0 bridgehead atoms. The van der Waals surface area contributed by atoms with Gasteiger partial charge in [-0.3, -0.25) is 29.4 Å². The molecule has 33 heavy (non-hydrogen) atoms. The number of rotatable bonds is 5. The number of para-hydroxylation sites is 1. The Bertz CT molecular complexity index is 1220. The molecule has 0 unspecified atom stereocenters. The van der Waals surface area contributed by atoms with E-state index in [1.165, 1.54) is 0 Å². The van der Waals surface area contributed by atoms with Gasteiger partial charge in [0, 0.05) is 23.0 Å². The van der Waals surface area contributed by atoms with Crippen molar-refractivity contribution in [1.82, 2.24) is 10.2 Å². The smallest absolute Gasteiger partial charge is 0.250 e. The summed E-state index contributed by atoms with van der Waals surface area (Å²) >= 11 is 12.6. The first-order chi connectivity index (χ1) is 15.8. The first-order valence-electron chi connectivity index (χ1n) is 10.5. The topological polar surface area (TPSA) is 122 Å². The second-order valence-corrected chi connectivity index (χ2v) is 9.35. The first-order valence-corrected chi connectivity index (χ1v) is 11.3. The molecule has 4 N–H and O–H groups in total. The van der Waals surface area contributed by atoms with Gasteiger partial charge in [-0.25, -0.2) is 0 Å². The molecule has 3 aliphatic rings. The Morgan fingerprint density at radius 2 is 1.76 bits per heavy atom. The van der Waals surface area contributed by atoms with E-state index in [2.05, 4.69) is 10.6 Å². The summed E-state index contributed by atoms with van der Waals surface area (Å²) < 4.78 is 0. The van der Waals surface area contributed by atoms with Gasteiger partial charge < -0.3 is 11.1 Å². The fraction of sp³-hybridized carbons (Fsp3) is 0.304. The summed E-state index contributed by atoms with van der Waals surface area (Å²) in [7, 11) is 0. The molecule has 4 atom stereocenters. The van der Waals surface area contributed by atoms with E-state index in [9.17, 15) is 19.2 Å². The number of imide groups is 1. The van der Waals surface area contributed by atoms with E-state index in [4.69, 9.17) is 28.9 Å². The Labute approximate surface area is 199 Å². The van der Waals surface area contributed by atoms with Crippen LogP contribution >= 0.6 is 23.2 Å². The predicted molar refractivity (Wildman–Crippen MR) is 121 cm³/mol. The van der Waals surface area contributed by atoms with Crippen LogP contribution < -0.4 is 16.4 Å². The molecule has 0 aliphatic carbocycles. The molecule has 3 heterocycles. The molecule has 2 fully saturated rings. The Morgan fingerprint density at radius 1 is 1.03 bits per heavy atom. The number of likely N-dealkylation sites (tertiary alicyclic amines) is 1. The number of carbonyl (C=O) groups excluding carboxylic acids is 4. The van der Waals surface area contributed by atoms with Gasteiger partial charge in [0.2, 0.25) is 23.6 Å². The molecule has 3 aliphatic heterocycles. The molecule has 5 rings (SSSR count). The fourth-order valence-electron chi connectivity index (χ4n) is 5.35. The van der Waals surface area contributed by atoms with E-state index in [1.54, 1.807) is 42.5 Å². The molecule has 4 amide bonds. The van der Waals surface area contributed by atoms with E-state index in [1.807, 2.05) is 0 Å². The number of nitrogens with zero attached hydrogens (tertiary/aromatic N) is 1. The number of carbonyl (C=O) groups is 4. The van der Waals surface area contributed by atoms with Gasteiger partial charge in [-0.05, 0) is 24.1 Å². The minimum absolute atomic E-state index is 0.00692. The average Bonchev–Trinajstić information content (AvgIpc) is 3.35. The van der Waals surface area contributed by atoms with Gasteiger partial charge in [0.05, 0.1) is 29.1 Å². The number of halogens is 2. The van der Waals surface area contributed by atoms with Gasteiger partial charge in [0.1, 0.15) is 5.54 Å². The zero-order valence-electron chi connectivity index (χ0n) is 17.3. The SMILES string of the molecule is NC(=O)CC[C@@H]1N[C@@]2(C(=O)Nc3c(Cl)cccc32)[C@@H]2C(=O)N(Cc3ccccc3Cl)C(=O)[C@H]12. The number of nitrogens with two attached hydrogens (primary N) is 1. The lowest BCUT2D eigenvalue weighted by Gasteiger charge is -2.29. The molecular weight excluding hydrogens is 467 g/mol. The highest BCUT2D eigenvalue weighted by molar-refractivity contribution is 6.35. The molecule has 0 radical (unpaired) electrons. The number of anilines is 1. The third-order valence-corrected chi connectivity index (χ3v) is 7.46. The maximum Gasteiger partial charge on any atom is 0.250 e. The highest BCUT2D eigenvalue weighted by atomic mass is 35.5. The van der Waals surface area contributed by atoms with Crippen molar-refractivity contribution in [3.8, 4) is 0 Å². The molecule has 2 aromatic rings. The van der Waals surface area contributed by atoms with Crippen molar-refractivity contribution in [2.45, 2.75) is 31.0 Å². The molecule has 170 valence electrons. The van der Waals surface area contributed by atoms with E-state index in [0.29, 0.717) is 26.9 Å². The lowest BCUT2D eigenvalue weighted by atomic mass is 9.76. The Hall–Kier alpha value is -2.94. The minimum atomic E-state index is -1.48. The fourth-order valence-corrected chi connectivity index (χ4v) is 5.77. The zero-order valence-corrected chi connectivity index (χ0v) is 18.8. The minimum Gasteiger partial charge on any atom is -0.370 e. The number of amides is 4. The Morgan fingerprint density at radius 3 is 2.48 bits per heavy atom. The number of fused-ring (bicyclic) bond motifs is 4. The summed E-state index contributed by atoms with van der Waals surface area (Å²) in [6.45, 7) is -0.00696. The summed E-state index contributed by atoms with van der Waals surface area (Å²) in [6, 6.07) is 11.4. The molecular formula is C23H20Cl2N4O4. The van der Waals surface area contributed by atoms with Crippen molar-refractivity contribution in [3.63, 3.8) is 0 Å². The average molecular weight is 487 g/mol. The Kier molecular flexibility index (Phi) is 5.19. The second kappa shape index (κ2) is 7.83. The van der Waals surface area contributed by atoms with E-state index < -0.39 is 47.0 Å². The van der Waals surface area contributed by atoms with Crippen LogP contribution in [0.3, 0.4) is 0 Å². The molecule has 2 aromatic carbocycles. The van der Waals surface area contributed by atoms with Crippen LogP contribution in [-0.2, 0) is 31.3 Å². The molecule has 10 heteroatoms. The van der Waals surface area contributed by atoms with Gasteiger partial charge in [-0.1, -0.05) is 53.5 Å². The van der Waals surface area contributed by atoms with Crippen molar-refractivity contribution < 1.29 is 19.2 Å². The number of benzene rings is 2. The molecule has 1 spiro atoms. The molecule has 8 nitrogen and oxygen atoms in total. The highest BCUT2D eigenvalue weighted by Crippen LogP contribution is 2.54. The lowest BCUT2D eigenvalue weighted by molar-refractivity contribution is -0.143. The second-order valence-electron chi connectivity index (χ2n) is 8.54. The van der Waals surface area contributed by atoms with Crippen molar-refractivity contribution in [3.05, 3.63) is 63.6 Å². The lowest BCUT2D eigenvalue weighted by Crippen LogP contribution is -2.53. The first kappa shape index (κ1) is 21.9. The van der Waals surface area contributed by atoms with Gasteiger partial charge >= 0.3 is 0 Å². The number of hydrogen-bond donors (Lipinski definition) is 3. The quantitative estimate of drug-likeness (QED) is 0.559. The predicted octanol–water partition coefficient (Wildman–Crippen LogP) is 2.18. The van der Waals surface area contributed by atoms with Crippen molar-refractivity contribution in [2.24, 2.45) is 17.6 Å². The van der Waals surface area contributed by atoms with Crippen LogP contribution in [0.15, 0.2) is 42.5 Å². The summed E-state index contributed by atoms with van der Waals surface area (Å²) in [5.74, 6) is -3.70. The van der Waals surface area contributed by atoms with Crippen LogP contribution in [0.5, 0.6) is 0 Å². The van der Waals surface area contributed by atoms with Gasteiger partial charge in [-0.2, -0.15) is 0 Å². The third kappa shape index (κ3) is 3.16. The van der Waals surface area contributed by atoms with Crippen LogP contribution in [0.1, 0.15) is 24.0 Å². The van der Waals surface area contributed by atoms with E-state index >= 15 is 0 Å². The summed E-state index contributed by atoms with van der Waals surface area (Å²) in [5, 5.41) is 6.79. The number of hydrogen-bond acceptors (Lipinski definition) is 5. The summed E-state index contributed by atoms with van der Waals surface area (Å²) in [5.41, 5.74) is 5.41. The van der Waals surface area contributed by atoms with Gasteiger partial charge in [0.15, 0.2) is 0 Å². The van der Waals surface area contributed by atoms with E-state index in [0.717, 1.165) is 4.90 Å². The van der Waals surface area contributed by atoms with Crippen LogP contribution in [0.25, 0.3) is 0 Å². The van der Waals surface area contributed by atoms with E-state index in [-0.39, 0.29) is 19.4 Å². The monoisotopic (exact) mass is 486 g/mol. The standard InChI is InChI=1S/C23H20Cl2N4O4/c24-13-6-2-1-4-11(13)10-29-20(31)17-15(8-9-16(26)30)28-23(18(17)21(29)32)12-5-3-7-14(25)19(12)27-22(23)33/h1-7,15,17-18,28H,8-10H2,(H2,26,30)(H,27,33)/t15-,17+,18-,23+/m0/s1. The third-order valence-electron chi connectivity index (χ3n) is 6.78. The summed E-state index contributed by atoms with van der Waals surface area (Å²) in [6.07, 6.45) is 0.216. The van der Waals surface area contributed by atoms with Crippen LogP contribution in [-0.4, -0.2) is 34.6 Å². The largest absolute Gasteiger partial charge is 0.370 e. The van der Waals surface area contributed by atoms with Crippen molar-refractivity contribution >= 4 is 52.5 Å². The van der Waals surface area contributed by atoms with Gasteiger partial charge in [-0.15, -0.1) is 0 Å². The Balaban J connectivity index is 1.60. The maximum absolute atomic E-state index is 13.7. The van der Waals surface area contributed by atoms with Crippen LogP contribution in [0.2, 0.25) is 10.0 Å². The molecule has 0 aromatic heterocycles. The highest BCUT2D eigenvalue weighted by Gasteiger charge is 2.70. The number of primary amides is 1. The molecule has 0 saturated carbocycles. The van der Waals surface area contributed by atoms with Gasteiger partial charge in [0.25, 0.3) is 0 Å². The maximum atomic E-state index is 13.7.